The lowest BCUT2D eigenvalue weighted by atomic mass is 9.97. The molecule has 16 heteroatoms. The van der Waals surface area contributed by atoms with E-state index in [1.807, 2.05) is 0 Å². The fourth-order valence-corrected chi connectivity index (χ4v) is 4.83. The SMILES string of the molecule is CC(=O)O[C@H]1[C@H](OCCc2ccc(O)c(O)c2)O[C@H](CO)[C@@H](OC(=O)/C=C/c2ccc(O)c(O)c2)[C@@H]1O[C@@H]1OC[C@@H](O)[C@H](O)[C@H]1O. The van der Waals surface area contributed by atoms with Crippen molar-refractivity contribution in [2.45, 2.75) is 68.7 Å². The van der Waals surface area contributed by atoms with Crippen molar-refractivity contribution in [3.05, 3.63) is 53.6 Å². The van der Waals surface area contributed by atoms with Crippen molar-refractivity contribution >= 4 is 18.0 Å². The molecular formula is C30H36O16. The van der Waals surface area contributed by atoms with Gasteiger partial charge in [0.05, 0.1) is 19.8 Å². The Morgan fingerprint density at radius 2 is 1.57 bits per heavy atom. The molecule has 0 bridgehead atoms. The standard InChI is InChI=1S/C30H36O16/c1-14(32)43-28-27(46-29-25(40)24(39)21(37)13-42-29)26(45-23(38)7-4-15-2-5-17(33)19(35)10-15)22(12-31)44-30(28)41-9-8-16-3-6-18(34)20(36)11-16/h2-7,10-11,21-22,24-31,33-37,39-40H,8-9,12-13H2,1H3/b7-4+/t21-,22-,24+,25-,26-,27+,28-,29+,30-/m1/s1. The summed E-state index contributed by atoms with van der Waals surface area (Å²) in [5.41, 5.74) is 0.881. The molecule has 0 aliphatic carbocycles. The minimum atomic E-state index is -1.79. The Hall–Kier alpha value is -4.00. The molecule has 0 spiro atoms. The van der Waals surface area contributed by atoms with Gasteiger partial charge in [0.1, 0.15) is 30.5 Å². The lowest BCUT2D eigenvalue weighted by molar-refractivity contribution is -0.350. The van der Waals surface area contributed by atoms with Crippen LogP contribution in [0.5, 0.6) is 23.0 Å². The predicted octanol–water partition coefficient (Wildman–Crippen LogP) is -0.834. The highest BCUT2D eigenvalue weighted by molar-refractivity contribution is 5.87. The number of hydrogen-bond donors (Lipinski definition) is 8. The molecule has 2 heterocycles. The fourth-order valence-electron chi connectivity index (χ4n) is 4.83. The summed E-state index contributed by atoms with van der Waals surface area (Å²) < 4.78 is 34.0. The van der Waals surface area contributed by atoms with Gasteiger partial charge in [-0.2, -0.15) is 0 Å². The first-order chi connectivity index (χ1) is 21.9. The topological polar surface area (TPSA) is 251 Å². The monoisotopic (exact) mass is 652 g/mol. The van der Waals surface area contributed by atoms with Gasteiger partial charge in [-0.05, 0) is 47.9 Å². The Kier molecular flexibility index (Phi) is 11.8. The minimum absolute atomic E-state index is 0.0996. The Morgan fingerprint density at radius 3 is 2.22 bits per heavy atom. The highest BCUT2D eigenvalue weighted by Crippen LogP contribution is 2.33. The molecule has 46 heavy (non-hydrogen) atoms. The van der Waals surface area contributed by atoms with Crippen molar-refractivity contribution in [3.8, 4) is 23.0 Å². The van der Waals surface area contributed by atoms with E-state index in [9.17, 15) is 50.4 Å². The van der Waals surface area contributed by atoms with Gasteiger partial charge in [0.15, 0.2) is 47.8 Å². The molecule has 0 aromatic heterocycles. The molecule has 16 nitrogen and oxygen atoms in total. The van der Waals surface area contributed by atoms with Crippen molar-refractivity contribution in [3.63, 3.8) is 0 Å². The van der Waals surface area contributed by atoms with Crippen LogP contribution in [0.25, 0.3) is 6.08 Å². The lowest BCUT2D eigenvalue weighted by Gasteiger charge is -2.46. The number of ether oxygens (including phenoxy) is 6. The van der Waals surface area contributed by atoms with E-state index >= 15 is 0 Å². The summed E-state index contributed by atoms with van der Waals surface area (Å²) >= 11 is 0. The fraction of sp³-hybridized carbons (Fsp3) is 0.467. The first-order valence-corrected chi connectivity index (χ1v) is 14.2. The zero-order chi connectivity index (χ0) is 33.5. The molecule has 2 aliphatic heterocycles. The Balaban J connectivity index is 1.59. The van der Waals surface area contributed by atoms with Crippen LogP contribution < -0.4 is 0 Å². The van der Waals surface area contributed by atoms with Gasteiger partial charge >= 0.3 is 11.9 Å². The Morgan fingerprint density at radius 1 is 0.870 bits per heavy atom. The molecule has 2 fully saturated rings. The van der Waals surface area contributed by atoms with Crippen LogP contribution in [0.1, 0.15) is 18.1 Å². The van der Waals surface area contributed by atoms with Crippen LogP contribution in [0.3, 0.4) is 0 Å². The molecule has 0 unspecified atom stereocenters. The quantitative estimate of drug-likeness (QED) is 0.0837. The second kappa shape index (κ2) is 15.5. The van der Waals surface area contributed by atoms with Gasteiger partial charge < -0.3 is 69.3 Å². The molecule has 9 atom stereocenters. The highest BCUT2D eigenvalue weighted by atomic mass is 16.8. The van der Waals surface area contributed by atoms with E-state index in [0.717, 1.165) is 13.0 Å². The summed E-state index contributed by atoms with van der Waals surface area (Å²) in [5.74, 6) is -3.30. The third kappa shape index (κ3) is 8.62. The number of esters is 2. The molecule has 0 saturated carbocycles. The first kappa shape index (κ1) is 34.9. The van der Waals surface area contributed by atoms with E-state index in [1.54, 1.807) is 0 Å². The average molecular weight is 653 g/mol. The summed E-state index contributed by atoms with van der Waals surface area (Å²) in [5, 5.41) is 79.4. The van der Waals surface area contributed by atoms with E-state index in [1.165, 1.54) is 42.5 Å². The first-order valence-electron chi connectivity index (χ1n) is 14.2. The molecule has 252 valence electrons. The maximum atomic E-state index is 12.9. The lowest BCUT2D eigenvalue weighted by Crippen LogP contribution is -2.65. The zero-order valence-electron chi connectivity index (χ0n) is 24.5. The molecule has 0 radical (unpaired) electrons. The number of carbonyl (C=O) groups is 2. The van der Waals surface area contributed by atoms with Crippen molar-refractivity contribution in [1.82, 2.24) is 0 Å². The van der Waals surface area contributed by atoms with E-state index in [0.29, 0.717) is 11.1 Å². The molecule has 4 rings (SSSR count). The van der Waals surface area contributed by atoms with Gasteiger partial charge in [0.25, 0.3) is 0 Å². The van der Waals surface area contributed by atoms with Crippen LogP contribution >= 0.6 is 0 Å². The Labute approximate surface area is 262 Å². The smallest absolute Gasteiger partial charge is 0.331 e. The van der Waals surface area contributed by atoms with E-state index in [-0.39, 0.29) is 30.3 Å². The van der Waals surface area contributed by atoms with E-state index < -0.39 is 86.2 Å². The summed E-state index contributed by atoms with van der Waals surface area (Å²) in [6.45, 7) is -0.229. The zero-order valence-corrected chi connectivity index (χ0v) is 24.5. The van der Waals surface area contributed by atoms with Crippen molar-refractivity contribution in [2.75, 3.05) is 19.8 Å². The van der Waals surface area contributed by atoms with Crippen LogP contribution in [-0.2, 0) is 44.4 Å². The maximum absolute atomic E-state index is 12.9. The molecule has 2 aromatic rings. The second-order valence-electron chi connectivity index (χ2n) is 10.6. The summed E-state index contributed by atoms with van der Waals surface area (Å²) in [4.78, 5) is 25.2. The van der Waals surface area contributed by atoms with Crippen molar-refractivity contribution in [2.24, 2.45) is 0 Å². The molecule has 2 aliphatic rings. The van der Waals surface area contributed by atoms with Crippen LogP contribution in [0.15, 0.2) is 42.5 Å². The van der Waals surface area contributed by atoms with Crippen LogP contribution in [-0.4, -0.2) is 128 Å². The number of phenolic OH excluding ortho intramolecular Hbond substituents is 4. The third-order valence-electron chi connectivity index (χ3n) is 7.19. The third-order valence-corrected chi connectivity index (χ3v) is 7.19. The summed E-state index contributed by atoms with van der Waals surface area (Å²) in [7, 11) is 0. The maximum Gasteiger partial charge on any atom is 0.331 e. The van der Waals surface area contributed by atoms with Crippen LogP contribution in [0.2, 0.25) is 0 Å². The van der Waals surface area contributed by atoms with Gasteiger partial charge in [-0.15, -0.1) is 0 Å². The molecular weight excluding hydrogens is 616 g/mol. The normalized spacial score (nSPS) is 29.8. The van der Waals surface area contributed by atoms with Crippen LogP contribution in [0, 0.1) is 0 Å². The minimum Gasteiger partial charge on any atom is -0.504 e. The molecule has 8 N–H and O–H groups in total. The molecule has 0 amide bonds. The number of carbonyl (C=O) groups excluding carboxylic acids is 2. The number of aliphatic hydroxyl groups is 4. The second-order valence-corrected chi connectivity index (χ2v) is 10.6. The van der Waals surface area contributed by atoms with Gasteiger partial charge in [-0.1, -0.05) is 12.1 Å². The number of benzene rings is 2. The number of rotatable bonds is 11. The van der Waals surface area contributed by atoms with Gasteiger partial charge in [-0.25, -0.2) is 4.79 Å². The van der Waals surface area contributed by atoms with Crippen molar-refractivity contribution in [1.29, 1.82) is 0 Å². The number of hydrogen-bond acceptors (Lipinski definition) is 16. The largest absolute Gasteiger partial charge is 0.504 e. The van der Waals surface area contributed by atoms with E-state index in [4.69, 9.17) is 28.4 Å². The predicted molar refractivity (Wildman–Crippen MR) is 152 cm³/mol. The van der Waals surface area contributed by atoms with E-state index in [2.05, 4.69) is 0 Å². The summed E-state index contributed by atoms with van der Waals surface area (Å²) in [6.07, 6.45) is -11.5. The number of aliphatic hydroxyl groups excluding tert-OH is 4. The molecule has 2 saturated heterocycles. The van der Waals surface area contributed by atoms with Crippen molar-refractivity contribution < 1.29 is 78.9 Å². The molecule has 2 aromatic carbocycles. The van der Waals surface area contributed by atoms with Crippen LogP contribution in [0.4, 0.5) is 0 Å². The highest BCUT2D eigenvalue weighted by Gasteiger charge is 2.53. The summed E-state index contributed by atoms with van der Waals surface area (Å²) in [6, 6.07) is 7.94. The average Bonchev–Trinajstić information content (AvgIpc) is 3.01. The van der Waals surface area contributed by atoms with Gasteiger partial charge in [0.2, 0.25) is 0 Å². The Bertz CT molecular complexity index is 1380. The number of aromatic hydroxyl groups is 4. The van der Waals surface area contributed by atoms with Gasteiger partial charge in [-0.3, -0.25) is 4.79 Å². The van der Waals surface area contributed by atoms with Gasteiger partial charge in [0, 0.05) is 13.0 Å². The number of phenols is 4.